The maximum Gasteiger partial charge on any atom is 0.224 e. The summed E-state index contributed by atoms with van der Waals surface area (Å²) in [7, 11) is 0. The fourth-order valence-corrected chi connectivity index (χ4v) is 1.90. The Morgan fingerprint density at radius 2 is 2.10 bits per heavy atom. The molecule has 2 aromatic rings. The van der Waals surface area contributed by atoms with Crippen molar-refractivity contribution in [1.29, 1.82) is 0 Å². The minimum atomic E-state index is -0.796. The van der Waals surface area contributed by atoms with Gasteiger partial charge >= 0.3 is 0 Å². The number of carbonyl (C=O) groups excluding carboxylic acids is 1. The number of hydrogen-bond donors (Lipinski definition) is 1. The Bertz CT molecular complexity index is 619. The van der Waals surface area contributed by atoms with Crippen LogP contribution >= 0.6 is 0 Å². The number of amides is 1. The van der Waals surface area contributed by atoms with Gasteiger partial charge in [-0.15, -0.1) is 0 Å². The predicted molar refractivity (Wildman–Crippen MR) is 69.3 cm³/mol. The maximum absolute atomic E-state index is 13.4. The molecule has 0 aliphatic rings. The summed E-state index contributed by atoms with van der Waals surface area (Å²) in [5.41, 5.74) is 1.58. The van der Waals surface area contributed by atoms with E-state index in [1.807, 2.05) is 0 Å². The minimum Gasteiger partial charge on any atom is -0.361 e. The molecule has 1 aromatic carbocycles. The van der Waals surface area contributed by atoms with E-state index in [1.165, 1.54) is 6.07 Å². The van der Waals surface area contributed by atoms with Gasteiger partial charge < -0.3 is 9.84 Å². The molecule has 1 aromatic heterocycles. The Hall–Kier alpha value is -2.24. The maximum atomic E-state index is 13.4. The quantitative estimate of drug-likeness (QED) is 0.936. The molecule has 0 radical (unpaired) electrons. The van der Waals surface area contributed by atoms with Gasteiger partial charge in [0.1, 0.15) is 17.4 Å². The van der Waals surface area contributed by atoms with E-state index in [2.05, 4.69) is 10.5 Å². The van der Waals surface area contributed by atoms with Gasteiger partial charge in [-0.05, 0) is 32.4 Å². The molecule has 4 nitrogen and oxygen atoms in total. The standard InChI is InChI=1S/C14H14F2N2O2/c1-8-11(9(2)20-18-8)4-6-14(19)17-13-5-3-10(15)7-12(13)16/h3,5,7H,4,6H2,1-2H3,(H,17,19). The molecule has 0 saturated heterocycles. The molecule has 1 amide bonds. The number of anilines is 1. The zero-order valence-electron chi connectivity index (χ0n) is 11.2. The van der Waals surface area contributed by atoms with E-state index >= 15 is 0 Å². The third kappa shape index (κ3) is 3.20. The molecule has 0 atom stereocenters. The SMILES string of the molecule is Cc1noc(C)c1CCC(=O)Nc1ccc(F)cc1F. The fourth-order valence-electron chi connectivity index (χ4n) is 1.90. The first-order valence-electron chi connectivity index (χ1n) is 6.14. The molecule has 0 aliphatic carbocycles. The molecule has 0 aliphatic heterocycles. The Kier molecular flexibility index (Phi) is 4.12. The van der Waals surface area contributed by atoms with E-state index in [-0.39, 0.29) is 18.0 Å². The Morgan fingerprint density at radius 3 is 2.70 bits per heavy atom. The zero-order valence-corrected chi connectivity index (χ0v) is 11.2. The van der Waals surface area contributed by atoms with Crippen LogP contribution in [0.1, 0.15) is 23.4 Å². The third-order valence-corrected chi connectivity index (χ3v) is 2.99. The van der Waals surface area contributed by atoms with E-state index in [9.17, 15) is 13.6 Å². The summed E-state index contributed by atoms with van der Waals surface area (Å²) >= 11 is 0. The van der Waals surface area contributed by atoms with Crippen LogP contribution < -0.4 is 5.32 Å². The van der Waals surface area contributed by atoms with E-state index in [4.69, 9.17) is 4.52 Å². The van der Waals surface area contributed by atoms with Gasteiger partial charge in [0, 0.05) is 18.1 Å². The number of benzene rings is 1. The van der Waals surface area contributed by atoms with Crippen molar-refractivity contribution >= 4 is 11.6 Å². The van der Waals surface area contributed by atoms with Gasteiger partial charge in [0.2, 0.25) is 5.91 Å². The number of nitrogens with zero attached hydrogens (tertiary/aromatic N) is 1. The second-order valence-corrected chi connectivity index (χ2v) is 4.48. The summed E-state index contributed by atoms with van der Waals surface area (Å²) in [6.07, 6.45) is 0.621. The molecule has 0 fully saturated rings. The second kappa shape index (κ2) is 5.81. The van der Waals surface area contributed by atoms with E-state index in [0.717, 1.165) is 23.4 Å². The highest BCUT2D eigenvalue weighted by Crippen LogP contribution is 2.17. The predicted octanol–water partition coefficient (Wildman–Crippen LogP) is 3.14. The average molecular weight is 280 g/mol. The van der Waals surface area contributed by atoms with Crippen LogP contribution in [0.2, 0.25) is 0 Å². The smallest absolute Gasteiger partial charge is 0.224 e. The number of carbonyl (C=O) groups is 1. The van der Waals surface area contributed by atoms with Gasteiger partial charge in [0.25, 0.3) is 0 Å². The lowest BCUT2D eigenvalue weighted by Gasteiger charge is -2.06. The summed E-state index contributed by atoms with van der Waals surface area (Å²) in [4.78, 5) is 11.7. The number of halogens is 2. The summed E-state index contributed by atoms with van der Waals surface area (Å²) in [5, 5.41) is 6.20. The number of aryl methyl sites for hydroxylation is 2. The molecule has 6 heteroatoms. The van der Waals surface area contributed by atoms with Gasteiger partial charge in [-0.1, -0.05) is 5.16 Å². The van der Waals surface area contributed by atoms with Gasteiger partial charge in [-0.3, -0.25) is 4.79 Å². The first kappa shape index (κ1) is 14.2. The van der Waals surface area contributed by atoms with E-state index < -0.39 is 11.6 Å². The van der Waals surface area contributed by atoms with Gasteiger partial charge in [-0.2, -0.15) is 0 Å². The zero-order chi connectivity index (χ0) is 14.7. The van der Waals surface area contributed by atoms with Crippen LogP contribution in [0.15, 0.2) is 22.7 Å². The van der Waals surface area contributed by atoms with Crippen molar-refractivity contribution in [1.82, 2.24) is 5.16 Å². The molecule has 2 rings (SSSR count). The van der Waals surface area contributed by atoms with Crippen LogP contribution in [0.3, 0.4) is 0 Å². The van der Waals surface area contributed by atoms with Crippen molar-refractivity contribution in [3.63, 3.8) is 0 Å². The normalized spacial score (nSPS) is 10.6. The number of rotatable bonds is 4. The van der Waals surface area contributed by atoms with Crippen molar-refractivity contribution in [3.8, 4) is 0 Å². The summed E-state index contributed by atoms with van der Waals surface area (Å²) in [6, 6.07) is 3.01. The van der Waals surface area contributed by atoms with Crippen LogP contribution in [-0.4, -0.2) is 11.1 Å². The largest absolute Gasteiger partial charge is 0.361 e. The lowest BCUT2D eigenvalue weighted by Crippen LogP contribution is -2.13. The molecule has 0 spiro atoms. The van der Waals surface area contributed by atoms with Crippen LogP contribution in [0.5, 0.6) is 0 Å². The van der Waals surface area contributed by atoms with Gasteiger partial charge in [0.15, 0.2) is 0 Å². The first-order valence-corrected chi connectivity index (χ1v) is 6.14. The van der Waals surface area contributed by atoms with Crippen molar-refractivity contribution in [2.45, 2.75) is 26.7 Å². The Morgan fingerprint density at radius 1 is 1.35 bits per heavy atom. The van der Waals surface area contributed by atoms with Crippen molar-refractivity contribution in [3.05, 3.63) is 46.9 Å². The number of aromatic nitrogens is 1. The third-order valence-electron chi connectivity index (χ3n) is 2.99. The van der Waals surface area contributed by atoms with Crippen molar-refractivity contribution < 1.29 is 18.1 Å². The van der Waals surface area contributed by atoms with E-state index in [1.54, 1.807) is 13.8 Å². The lowest BCUT2D eigenvalue weighted by atomic mass is 10.1. The summed E-state index contributed by atoms with van der Waals surface area (Å²) in [6.45, 7) is 3.57. The van der Waals surface area contributed by atoms with Crippen molar-refractivity contribution in [2.24, 2.45) is 0 Å². The minimum absolute atomic E-state index is 0.0323. The highest BCUT2D eigenvalue weighted by atomic mass is 19.1. The van der Waals surface area contributed by atoms with Gasteiger partial charge in [-0.25, -0.2) is 8.78 Å². The van der Waals surface area contributed by atoms with Crippen LogP contribution in [0.4, 0.5) is 14.5 Å². The molecule has 1 heterocycles. The highest BCUT2D eigenvalue weighted by molar-refractivity contribution is 5.90. The molecular formula is C14H14F2N2O2. The summed E-state index contributed by atoms with van der Waals surface area (Å²) < 4.78 is 31.1. The second-order valence-electron chi connectivity index (χ2n) is 4.48. The van der Waals surface area contributed by atoms with Crippen LogP contribution in [0.25, 0.3) is 0 Å². The van der Waals surface area contributed by atoms with Crippen LogP contribution in [-0.2, 0) is 11.2 Å². The Balaban J connectivity index is 1.96. The van der Waals surface area contributed by atoms with Gasteiger partial charge in [0.05, 0.1) is 11.4 Å². The fraction of sp³-hybridized carbons (Fsp3) is 0.286. The monoisotopic (exact) mass is 280 g/mol. The van der Waals surface area contributed by atoms with E-state index in [0.29, 0.717) is 12.2 Å². The molecule has 0 unspecified atom stereocenters. The molecule has 1 N–H and O–H groups in total. The molecular weight excluding hydrogens is 266 g/mol. The summed E-state index contributed by atoms with van der Waals surface area (Å²) in [5.74, 6) is -1.16. The molecule has 106 valence electrons. The molecule has 0 saturated carbocycles. The lowest BCUT2D eigenvalue weighted by molar-refractivity contribution is -0.116. The first-order chi connectivity index (χ1) is 9.47. The number of nitrogens with one attached hydrogen (secondary N) is 1. The molecule has 0 bridgehead atoms. The highest BCUT2D eigenvalue weighted by Gasteiger charge is 2.12. The number of hydrogen-bond acceptors (Lipinski definition) is 3. The van der Waals surface area contributed by atoms with Crippen LogP contribution in [0, 0.1) is 25.5 Å². The molecule has 20 heavy (non-hydrogen) atoms. The topological polar surface area (TPSA) is 55.1 Å². The Labute approximate surface area is 114 Å². The average Bonchev–Trinajstić information content (AvgIpc) is 2.70. The van der Waals surface area contributed by atoms with Crippen molar-refractivity contribution in [2.75, 3.05) is 5.32 Å².